The van der Waals surface area contributed by atoms with Crippen LogP contribution in [0.25, 0.3) is 6.08 Å². The summed E-state index contributed by atoms with van der Waals surface area (Å²) >= 11 is 3.56. The van der Waals surface area contributed by atoms with Crippen LogP contribution in [0.15, 0.2) is 22.2 Å². The quantitative estimate of drug-likeness (QED) is 0.744. The third-order valence-electron chi connectivity index (χ3n) is 3.21. The molecular weight excluding hydrogens is 330 g/mol. The van der Waals surface area contributed by atoms with Gasteiger partial charge in [0, 0.05) is 6.54 Å². The minimum Gasteiger partial charge on any atom is -0.492 e. The van der Waals surface area contributed by atoms with Gasteiger partial charge in [0.05, 0.1) is 18.2 Å². The Morgan fingerprint density at radius 2 is 2.05 bits per heavy atom. The average molecular weight is 356 g/mol. The van der Waals surface area contributed by atoms with E-state index < -0.39 is 0 Å². The van der Waals surface area contributed by atoms with Gasteiger partial charge in [-0.3, -0.25) is 0 Å². The summed E-state index contributed by atoms with van der Waals surface area (Å²) < 4.78 is 12.0. The smallest absolute Gasteiger partial charge is 0.174 e. The van der Waals surface area contributed by atoms with Crippen LogP contribution < -0.4 is 14.8 Å². The van der Waals surface area contributed by atoms with Crippen LogP contribution in [0.1, 0.15) is 33.3 Å². The first-order valence-electron chi connectivity index (χ1n) is 7.44. The second kappa shape index (κ2) is 9.11. The van der Waals surface area contributed by atoms with Gasteiger partial charge in [0.25, 0.3) is 0 Å². The van der Waals surface area contributed by atoms with Crippen LogP contribution >= 0.6 is 15.9 Å². The van der Waals surface area contributed by atoms with E-state index in [1.807, 2.05) is 13.0 Å². The molecule has 1 aromatic carbocycles. The first kappa shape index (κ1) is 18.1. The summed E-state index contributed by atoms with van der Waals surface area (Å²) in [5.74, 6) is 2.01. The number of methoxy groups -OCH3 is 1. The first-order chi connectivity index (χ1) is 10.0. The highest BCUT2D eigenvalue weighted by molar-refractivity contribution is 9.10. The predicted molar refractivity (Wildman–Crippen MR) is 93.2 cm³/mol. The van der Waals surface area contributed by atoms with Crippen LogP contribution in [0, 0.1) is 5.92 Å². The van der Waals surface area contributed by atoms with E-state index in [1.54, 1.807) is 7.11 Å². The zero-order valence-corrected chi connectivity index (χ0v) is 15.2. The van der Waals surface area contributed by atoms with Gasteiger partial charge in [-0.2, -0.15) is 0 Å². The highest BCUT2D eigenvalue weighted by atomic mass is 79.9. The molecule has 21 heavy (non-hydrogen) atoms. The van der Waals surface area contributed by atoms with Gasteiger partial charge in [-0.1, -0.05) is 32.4 Å². The molecule has 0 unspecified atom stereocenters. The van der Waals surface area contributed by atoms with Crippen molar-refractivity contribution in [2.24, 2.45) is 5.92 Å². The Labute approximate surface area is 136 Å². The van der Waals surface area contributed by atoms with Crippen molar-refractivity contribution in [2.75, 3.05) is 26.8 Å². The molecule has 0 atom stereocenters. The van der Waals surface area contributed by atoms with Crippen molar-refractivity contribution >= 4 is 22.0 Å². The van der Waals surface area contributed by atoms with Crippen molar-refractivity contribution in [1.82, 2.24) is 5.32 Å². The second-order valence-electron chi connectivity index (χ2n) is 5.12. The van der Waals surface area contributed by atoms with E-state index in [9.17, 15) is 0 Å². The third kappa shape index (κ3) is 5.36. The molecule has 1 rings (SSSR count). The SMILES string of the molecule is CCNCC(=Cc1cc(Br)c(OC)c(OCC)c1)C(C)C. The number of rotatable bonds is 8. The zero-order chi connectivity index (χ0) is 15.8. The molecule has 118 valence electrons. The molecule has 0 bridgehead atoms. The molecule has 0 aliphatic carbocycles. The molecule has 4 heteroatoms. The van der Waals surface area contributed by atoms with Crippen molar-refractivity contribution in [2.45, 2.75) is 27.7 Å². The molecule has 0 aromatic heterocycles. The van der Waals surface area contributed by atoms with Crippen molar-refractivity contribution in [1.29, 1.82) is 0 Å². The predicted octanol–water partition coefficient (Wildman–Crippen LogP) is 4.51. The van der Waals surface area contributed by atoms with E-state index in [2.05, 4.69) is 54.2 Å². The Kier molecular flexibility index (Phi) is 7.83. The fraction of sp³-hybridized carbons (Fsp3) is 0.529. The molecule has 0 heterocycles. The number of ether oxygens (including phenoxy) is 2. The van der Waals surface area contributed by atoms with Gasteiger partial charge >= 0.3 is 0 Å². The minimum atomic E-state index is 0.500. The molecule has 3 nitrogen and oxygen atoms in total. The van der Waals surface area contributed by atoms with Gasteiger partial charge in [-0.15, -0.1) is 0 Å². The molecular formula is C17H26BrNO2. The normalized spacial score (nSPS) is 11.9. The number of nitrogens with one attached hydrogen (secondary N) is 1. The maximum atomic E-state index is 5.67. The van der Waals surface area contributed by atoms with Crippen LogP contribution in [-0.2, 0) is 0 Å². The Morgan fingerprint density at radius 1 is 1.33 bits per heavy atom. The first-order valence-corrected chi connectivity index (χ1v) is 8.24. The number of benzene rings is 1. The van der Waals surface area contributed by atoms with Crippen LogP contribution in [0.5, 0.6) is 11.5 Å². The molecule has 0 spiro atoms. The number of halogens is 1. The summed E-state index contributed by atoms with van der Waals surface area (Å²) in [4.78, 5) is 0. The summed E-state index contributed by atoms with van der Waals surface area (Å²) in [5.41, 5.74) is 2.49. The molecule has 0 aliphatic rings. The van der Waals surface area contributed by atoms with Gasteiger partial charge in [-0.05, 0) is 53.0 Å². The summed E-state index contributed by atoms with van der Waals surface area (Å²) in [6, 6.07) is 4.09. The Morgan fingerprint density at radius 3 is 2.57 bits per heavy atom. The maximum absolute atomic E-state index is 5.67. The fourth-order valence-corrected chi connectivity index (χ4v) is 2.66. The lowest BCUT2D eigenvalue weighted by Gasteiger charge is -2.15. The number of hydrogen-bond donors (Lipinski definition) is 1. The van der Waals surface area contributed by atoms with Crippen LogP contribution in [0.2, 0.25) is 0 Å². The molecule has 1 N–H and O–H groups in total. The Bertz CT molecular complexity index is 484. The second-order valence-corrected chi connectivity index (χ2v) is 5.98. The summed E-state index contributed by atoms with van der Waals surface area (Å²) in [5, 5.41) is 3.39. The van der Waals surface area contributed by atoms with Gasteiger partial charge < -0.3 is 14.8 Å². The monoisotopic (exact) mass is 355 g/mol. The van der Waals surface area contributed by atoms with Gasteiger partial charge in [0.1, 0.15) is 0 Å². The minimum absolute atomic E-state index is 0.500. The van der Waals surface area contributed by atoms with Crippen molar-refractivity contribution in [3.8, 4) is 11.5 Å². The third-order valence-corrected chi connectivity index (χ3v) is 3.80. The number of hydrogen-bond acceptors (Lipinski definition) is 3. The largest absolute Gasteiger partial charge is 0.492 e. The molecule has 0 amide bonds. The summed E-state index contributed by atoms with van der Waals surface area (Å²) in [6.07, 6.45) is 2.22. The standard InChI is InChI=1S/C17H26BrNO2/c1-6-19-11-14(12(3)4)8-13-9-15(18)17(20-5)16(10-13)21-7-2/h8-10,12,19H,6-7,11H2,1-5H3. The maximum Gasteiger partial charge on any atom is 0.174 e. The zero-order valence-electron chi connectivity index (χ0n) is 13.6. The fourth-order valence-electron chi connectivity index (χ4n) is 2.04. The Hall–Kier alpha value is -1.00. The van der Waals surface area contributed by atoms with Crippen molar-refractivity contribution in [3.63, 3.8) is 0 Å². The highest BCUT2D eigenvalue weighted by Crippen LogP contribution is 2.37. The molecule has 0 saturated carbocycles. The molecule has 0 aliphatic heterocycles. The van der Waals surface area contributed by atoms with Gasteiger partial charge in [0.2, 0.25) is 0 Å². The van der Waals surface area contributed by atoms with E-state index >= 15 is 0 Å². The highest BCUT2D eigenvalue weighted by Gasteiger charge is 2.11. The van der Waals surface area contributed by atoms with E-state index in [1.165, 1.54) is 5.57 Å². The Balaban J connectivity index is 3.16. The van der Waals surface area contributed by atoms with Gasteiger partial charge in [0.15, 0.2) is 11.5 Å². The summed E-state index contributed by atoms with van der Waals surface area (Å²) in [6.45, 7) is 11.0. The lowest BCUT2D eigenvalue weighted by Crippen LogP contribution is -2.18. The van der Waals surface area contributed by atoms with Crippen LogP contribution in [0.3, 0.4) is 0 Å². The van der Waals surface area contributed by atoms with Crippen molar-refractivity contribution in [3.05, 3.63) is 27.7 Å². The van der Waals surface area contributed by atoms with Crippen LogP contribution in [-0.4, -0.2) is 26.8 Å². The molecule has 0 radical (unpaired) electrons. The number of likely N-dealkylation sites (N-methyl/N-ethyl adjacent to an activating group) is 1. The average Bonchev–Trinajstić information content (AvgIpc) is 2.43. The van der Waals surface area contributed by atoms with Crippen molar-refractivity contribution < 1.29 is 9.47 Å². The lowest BCUT2D eigenvalue weighted by molar-refractivity contribution is 0.310. The molecule has 0 fully saturated rings. The molecule has 1 aromatic rings. The topological polar surface area (TPSA) is 30.5 Å². The van der Waals surface area contributed by atoms with E-state index in [4.69, 9.17) is 9.47 Å². The van der Waals surface area contributed by atoms with E-state index in [0.717, 1.165) is 34.6 Å². The lowest BCUT2D eigenvalue weighted by atomic mass is 10.00. The summed E-state index contributed by atoms with van der Waals surface area (Å²) in [7, 11) is 1.66. The van der Waals surface area contributed by atoms with Crippen LogP contribution in [0.4, 0.5) is 0 Å². The van der Waals surface area contributed by atoms with Gasteiger partial charge in [-0.25, -0.2) is 0 Å². The van der Waals surface area contributed by atoms with E-state index in [-0.39, 0.29) is 0 Å². The molecule has 0 saturated heterocycles. The van der Waals surface area contributed by atoms with E-state index in [0.29, 0.717) is 12.5 Å².